The number of imidazole rings is 1. The van der Waals surface area contributed by atoms with Gasteiger partial charge in [0.1, 0.15) is 5.82 Å². The number of aryl methyl sites for hydroxylation is 3. The number of nitrogens with one attached hydrogen (secondary N) is 1. The Labute approximate surface area is 125 Å². The number of carbonyl (C=O) groups is 1. The van der Waals surface area contributed by atoms with Gasteiger partial charge in [-0.3, -0.25) is 4.79 Å². The molecule has 0 aliphatic heterocycles. The first kappa shape index (κ1) is 13.9. The van der Waals surface area contributed by atoms with E-state index in [0.29, 0.717) is 6.54 Å². The Bertz CT molecular complexity index is 645. The number of nitrogens with zero attached hydrogens (tertiary/aromatic N) is 2. The molecule has 3 rings (SSSR count). The predicted octanol–water partition coefficient (Wildman–Crippen LogP) is 2.71. The van der Waals surface area contributed by atoms with E-state index in [9.17, 15) is 4.79 Å². The minimum atomic E-state index is -0.0178. The standard InChI is InChI=1S/C17H21N3O/c1-2-9-20-10-8-18-16(20)12-19-17(21)15-7-6-13-4-3-5-14(13)11-15/h6-8,10-11H,2-5,9,12H2,1H3,(H,19,21). The summed E-state index contributed by atoms with van der Waals surface area (Å²) in [5.41, 5.74) is 3.48. The lowest BCUT2D eigenvalue weighted by Crippen LogP contribution is -2.24. The van der Waals surface area contributed by atoms with Gasteiger partial charge in [-0.25, -0.2) is 4.98 Å². The number of rotatable bonds is 5. The van der Waals surface area contributed by atoms with E-state index < -0.39 is 0 Å². The van der Waals surface area contributed by atoms with Crippen molar-refractivity contribution in [1.29, 1.82) is 0 Å². The van der Waals surface area contributed by atoms with Crippen LogP contribution in [0.4, 0.5) is 0 Å². The molecule has 1 heterocycles. The van der Waals surface area contributed by atoms with E-state index in [1.54, 1.807) is 6.20 Å². The lowest BCUT2D eigenvalue weighted by atomic mass is 10.1. The number of aromatic nitrogens is 2. The summed E-state index contributed by atoms with van der Waals surface area (Å²) in [6.45, 7) is 3.54. The monoisotopic (exact) mass is 283 g/mol. The Morgan fingerprint density at radius 2 is 2.19 bits per heavy atom. The highest BCUT2D eigenvalue weighted by molar-refractivity contribution is 5.94. The topological polar surface area (TPSA) is 46.9 Å². The lowest BCUT2D eigenvalue weighted by Gasteiger charge is -2.09. The molecule has 4 heteroatoms. The molecule has 1 N–H and O–H groups in total. The maximum absolute atomic E-state index is 12.3. The van der Waals surface area contributed by atoms with Crippen LogP contribution in [-0.4, -0.2) is 15.5 Å². The summed E-state index contributed by atoms with van der Waals surface area (Å²) in [5.74, 6) is 0.891. The number of hydrogen-bond donors (Lipinski definition) is 1. The highest BCUT2D eigenvalue weighted by Crippen LogP contribution is 2.22. The summed E-state index contributed by atoms with van der Waals surface area (Å²) < 4.78 is 2.09. The summed E-state index contributed by atoms with van der Waals surface area (Å²) >= 11 is 0. The van der Waals surface area contributed by atoms with Crippen molar-refractivity contribution in [3.63, 3.8) is 0 Å². The van der Waals surface area contributed by atoms with Crippen molar-refractivity contribution in [3.8, 4) is 0 Å². The van der Waals surface area contributed by atoms with E-state index in [0.717, 1.165) is 37.2 Å². The maximum Gasteiger partial charge on any atom is 0.251 e. The molecule has 21 heavy (non-hydrogen) atoms. The fourth-order valence-corrected chi connectivity index (χ4v) is 2.93. The SMILES string of the molecule is CCCn1ccnc1CNC(=O)c1ccc2c(c1)CCC2. The molecule has 1 amide bonds. The average molecular weight is 283 g/mol. The van der Waals surface area contributed by atoms with Gasteiger partial charge in [-0.2, -0.15) is 0 Å². The van der Waals surface area contributed by atoms with Gasteiger partial charge in [-0.1, -0.05) is 13.0 Å². The van der Waals surface area contributed by atoms with Gasteiger partial charge in [0.05, 0.1) is 6.54 Å². The third-order valence-corrected chi connectivity index (χ3v) is 4.03. The summed E-state index contributed by atoms with van der Waals surface area (Å²) in [6.07, 6.45) is 8.24. The Hall–Kier alpha value is -2.10. The fraction of sp³-hybridized carbons (Fsp3) is 0.412. The largest absolute Gasteiger partial charge is 0.345 e. The molecule has 1 aromatic heterocycles. The lowest BCUT2D eigenvalue weighted by molar-refractivity contribution is 0.0949. The van der Waals surface area contributed by atoms with Gasteiger partial charge in [0.25, 0.3) is 5.91 Å². The van der Waals surface area contributed by atoms with Crippen molar-refractivity contribution in [3.05, 3.63) is 53.1 Å². The zero-order chi connectivity index (χ0) is 14.7. The molecule has 1 aliphatic rings. The highest BCUT2D eigenvalue weighted by Gasteiger charge is 2.14. The minimum absolute atomic E-state index is 0.0178. The van der Waals surface area contributed by atoms with Crippen LogP contribution < -0.4 is 5.32 Å². The molecule has 4 nitrogen and oxygen atoms in total. The van der Waals surface area contributed by atoms with E-state index >= 15 is 0 Å². The molecule has 0 fully saturated rings. The van der Waals surface area contributed by atoms with Crippen LogP contribution in [0, 0.1) is 0 Å². The van der Waals surface area contributed by atoms with Gasteiger partial charge in [0.15, 0.2) is 0 Å². The number of benzene rings is 1. The molecule has 0 saturated carbocycles. The van der Waals surface area contributed by atoms with Gasteiger partial charge in [-0.05, 0) is 48.9 Å². The molecule has 0 unspecified atom stereocenters. The molecule has 0 saturated heterocycles. The Morgan fingerprint density at radius 3 is 3.05 bits per heavy atom. The fourth-order valence-electron chi connectivity index (χ4n) is 2.93. The van der Waals surface area contributed by atoms with Crippen molar-refractivity contribution in [2.75, 3.05) is 0 Å². The predicted molar refractivity (Wildman–Crippen MR) is 82.2 cm³/mol. The van der Waals surface area contributed by atoms with Crippen LogP contribution in [0.1, 0.15) is 47.1 Å². The summed E-state index contributed by atoms with van der Waals surface area (Å²) in [5, 5.41) is 2.97. The molecule has 0 bridgehead atoms. The van der Waals surface area contributed by atoms with Crippen molar-refractivity contribution < 1.29 is 4.79 Å². The van der Waals surface area contributed by atoms with Gasteiger partial charge >= 0.3 is 0 Å². The van der Waals surface area contributed by atoms with Crippen LogP contribution in [-0.2, 0) is 25.9 Å². The van der Waals surface area contributed by atoms with E-state index in [1.165, 1.54) is 17.5 Å². The van der Waals surface area contributed by atoms with Crippen LogP contribution in [0.3, 0.4) is 0 Å². The molecule has 0 atom stereocenters. The van der Waals surface area contributed by atoms with Gasteiger partial charge in [-0.15, -0.1) is 0 Å². The summed E-state index contributed by atoms with van der Waals surface area (Å²) in [6, 6.07) is 6.06. The van der Waals surface area contributed by atoms with Crippen LogP contribution in [0.2, 0.25) is 0 Å². The van der Waals surface area contributed by atoms with E-state index in [1.807, 2.05) is 18.3 Å². The smallest absolute Gasteiger partial charge is 0.251 e. The average Bonchev–Trinajstić information content (AvgIpc) is 3.13. The highest BCUT2D eigenvalue weighted by atomic mass is 16.1. The summed E-state index contributed by atoms with van der Waals surface area (Å²) in [7, 11) is 0. The second kappa shape index (κ2) is 6.12. The molecule has 0 radical (unpaired) electrons. The number of fused-ring (bicyclic) bond motifs is 1. The molecule has 2 aromatic rings. The van der Waals surface area contributed by atoms with Gasteiger partial charge in [0, 0.05) is 24.5 Å². The molecule has 1 aliphatic carbocycles. The quantitative estimate of drug-likeness (QED) is 0.917. The van der Waals surface area contributed by atoms with E-state index in [2.05, 4.69) is 27.9 Å². The molecule has 110 valence electrons. The van der Waals surface area contributed by atoms with E-state index in [-0.39, 0.29) is 5.91 Å². The van der Waals surface area contributed by atoms with Crippen molar-refractivity contribution in [2.24, 2.45) is 0 Å². The van der Waals surface area contributed by atoms with Gasteiger partial charge in [0.2, 0.25) is 0 Å². The van der Waals surface area contributed by atoms with Crippen molar-refractivity contribution in [2.45, 2.75) is 45.7 Å². The molecule has 1 aromatic carbocycles. The Morgan fingerprint density at radius 1 is 1.33 bits per heavy atom. The molecular formula is C17H21N3O. The zero-order valence-electron chi connectivity index (χ0n) is 12.4. The minimum Gasteiger partial charge on any atom is -0.345 e. The zero-order valence-corrected chi connectivity index (χ0v) is 12.4. The van der Waals surface area contributed by atoms with Crippen LogP contribution in [0.5, 0.6) is 0 Å². The van der Waals surface area contributed by atoms with Crippen molar-refractivity contribution >= 4 is 5.91 Å². The number of carbonyl (C=O) groups excluding carboxylic acids is 1. The number of amides is 1. The van der Waals surface area contributed by atoms with Gasteiger partial charge < -0.3 is 9.88 Å². The van der Waals surface area contributed by atoms with Crippen LogP contribution in [0.25, 0.3) is 0 Å². The Kier molecular flexibility index (Phi) is 4.04. The maximum atomic E-state index is 12.3. The van der Waals surface area contributed by atoms with E-state index in [4.69, 9.17) is 0 Å². The molecular weight excluding hydrogens is 262 g/mol. The normalized spacial score (nSPS) is 13.2. The van der Waals surface area contributed by atoms with Crippen LogP contribution in [0.15, 0.2) is 30.6 Å². The second-order valence-electron chi connectivity index (χ2n) is 5.56. The second-order valence-corrected chi connectivity index (χ2v) is 5.56. The Balaban J connectivity index is 1.65. The summed E-state index contributed by atoms with van der Waals surface area (Å²) in [4.78, 5) is 16.6. The first-order chi connectivity index (χ1) is 10.3. The van der Waals surface area contributed by atoms with Crippen LogP contribution >= 0.6 is 0 Å². The first-order valence-corrected chi connectivity index (χ1v) is 7.68. The number of hydrogen-bond acceptors (Lipinski definition) is 2. The molecule has 0 spiro atoms. The third-order valence-electron chi connectivity index (χ3n) is 4.03. The third kappa shape index (κ3) is 2.99. The first-order valence-electron chi connectivity index (χ1n) is 7.68. The van der Waals surface area contributed by atoms with Crippen molar-refractivity contribution in [1.82, 2.24) is 14.9 Å².